The van der Waals surface area contributed by atoms with Crippen LogP contribution in [-0.2, 0) is 6.42 Å². The van der Waals surface area contributed by atoms with Gasteiger partial charge in [-0.1, -0.05) is 31.8 Å². The fourth-order valence-corrected chi connectivity index (χ4v) is 2.21. The quantitative estimate of drug-likeness (QED) is 0.676. The standard InChI is InChI=1S/C16H19F2N.C2H6/c1-16(2,15(17)18)10-9-12-6-4-8-14-13(12)7-5-11-19(14)3;1-2/h4,6,8,15H,5,7,11H2,1-3H3;1-2H3. The van der Waals surface area contributed by atoms with E-state index in [0.29, 0.717) is 0 Å². The van der Waals surface area contributed by atoms with Gasteiger partial charge in [-0.25, -0.2) is 8.78 Å². The number of anilines is 1. The monoisotopic (exact) mass is 293 g/mol. The molecule has 0 unspecified atom stereocenters. The average molecular weight is 293 g/mol. The molecule has 1 aromatic carbocycles. The van der Waals surface area contributed by atoms with Crippen LogP contribution in [0.1, 0.15) is 45.2 Å². The smallest absolute Gasteiger partial charge is 0.254 e. The van der Waals surface area contributed by atoms with E-state index in [-0.39, 0.29) is 0 Å². The molecule has 3 heteroatoms. The minimum atomic E-state index is -2.43. The lowest BCUT2D eigenvalue weighted by Gasteiger charge is -2.28. The number of benzene rings is 1. The van der Waals surface area contributed by atoms with Crippen molar-refractivity contribution >= 4 is 5.69 Å². The first-order valence-corrected chi connectivity index (χ1v) is 7.56. The largest absolute Gasteiger partial charge is 0.374 e. The molecule has 0 bridgehead atoms. The van der Waals surface area contributed by atoms with Gasteiger partial charge in [0.15, 0.2) is 0 Å². The lowest BCUT2D eigenvalue weighted by atomic mass is 9.92. The van der Waals surface area contributed by atoms with E-state index in [9.17, 15) is 8.78 Å². The Balaban J connectivity index is 0.00000106. The zero-order valence-corrected chi connectivity index (χ0v) is 13.6. The number of hydrogen-bond acceptors (Lipinski definition) is 1. The highest BCUT2D eigenvalue weighted by atomic mass is 19.3. The van der Waals surface area contributed by atoms with E-state index in [1.807, 2.05) is 26.0 Å². The first-order valence-electron chi connectivity index (χ1n) is 7.56. The molecule has 21 heavy (non-hydrogen) atoms. The summed E-state index contributed by atoms with van der Waals surface area (Å²) in [6.07, 6.45) is -0.373. The molecule has 0 atom stereocenters. The van der Waals surface area contributed by atoms with Gasteiger partial charge in [-0.2, -0.15) is 0 Å². The normalized spacial score (nSPS) is 13.8. The minimum Gasteiger partial charge on any atom is -0.374 e. The summed E-state index contributed by atoms with van der Waals surface area (Å²) in [6, 6.07) is 5.94. The fraction of sp³-hybridized carbons (Fsp3) is 0.556. The number of halogens is 2. The summed E-state index contributed by atoms with van der Waals surface area (Å²) >= 11 is 0. The SMILES string of the molecule is CC.CN1CCCc2c(C#CC(C)(C)C(F)F)cccc21. The zero-order chi connectivity index (χ0) is 16.0. The molecule has 0 aliphatic carbocycles. The first kappa shape index (κ1) is 17.5. The summed E-state index contributed by atoms with van der Waals surface area (Å²) in [7, 11) is 2.05. The molecule has 1 aliphatic rings. The van der Waals surface area contributed by atoms with E-state index in [0.717, 1.165) is 24.9 Å². The van der Waals surface area contributed by atoms with Gasteiger partial charge in [0.05, 0.1) is 5.41 Å². The van der Waals surface area contributed by atoms with Crippen LogP contribution in [0.25, 0.3) is 0 Å². The van der Waals surface area contributed by atoms with Crippen LogP contribution in [0.2, 0.25) is 0 Å². The van der Waals surface area contributed by atoms with Crippen molar-refractivity contribution in [2.24, 2.45) is 5.41 Å². The van der Waals surface area contributed by atoms with Gasteiger partial charge in [0.25, 0.3) is 6.43 Å². The Labute approximate surface area is 127 Å². The van der Waals surface area contributed by atoms with Crippen LogP contribution >= 0.6 is 0 Å². The van der Waals surface area contributed by atoms with Gasteiger partial charge in [-0.15, -0.1) is 0 Å². The van der Waals surface area contributed by atoms with Gasteiger partial charge in [-0.3, -0.25) is 0 Å². The van der Waals surface area contributed by atoms with Crippen LogP contribution < -0.4 is 4.90 Å². The minimum absolute atomic E-state index is 0.887. The number of alkyl halides is 2. The summed E-state index contributed by atoms with van der Waals surface area (Å²) in [6.45, 7) is 7.99. The number of nitrogens with zero attached hydrogens (tertiary/aromatic N) is 1. The van der Waals surface area contributed by atoms with Crippen LogP contribution in [-0.4, -0.2) is 20.0 Å². The predicted octanol–water partition coefficient (Wildman–Crippen LogP) is 4.74. The molecule has 0 aromatic heterocycles. The summed E-state index contributed by atoms with van der Waals surface area (Å²) < 4.78 is 25.6. The molecule has 0 N–H and O–H groups in total. The fourth-order valence-electron chi connectivity index (χ4n) is 2.21. The summed E-state index contributed by atoms with van der Waals surface area (Å²) in [5.74, 6) is 5.68. The van der Waals surface area contributed by atoms with E-state index in [2.05, 4.69) is 29.9 Å². The van der Waals surface area contributed by atoms with Crippen LogP contribution in [0, 0.1) is 17.3 Å². The lowest BCUT2D eigenvalue weighted by molar-refractivity contribution is 0.0570. The Kier molecular flexibility index (Phi) is 6.20. The molecule has 1 nitrogen and oxygen atoms in total. The van der Waals surface area contributed by atoms with Crippen molar-refractivity contribution in [3.05, 3.63) is 29.3 Å². The van der Waals surface area contributed by atoms with Gasteiger partial charge >= 0.3 is 0 Å². The maximum absolute atomic E-state index is 12.8. The molecule has 0 fully saturated rings. The molecule has 0 saturated heterocycles. The van der Waals surface area contributed by atoms with E-state index < -0.39 is 11.8 Å². The molecule has 2 rings (SSSR count). The van der Waals surface area contributed by atoms with Crippen molar-refractivity contribution < 1.29 is 8.78 Å². The molecule has 1 aromatic rings. The van der Waals surface area contributed by atoms with Crippen molar-refractivity contribution in [3.8, 4) is 11.8 Å². The molecule has 0 saturated carbocycles. The van der Waals surface area contributed by atoms with Crippen molar-refractivity contribution in [1.29, 1.82) is 0 Å². The lowest BCUT2D eigenvalue weighted by Crippen LogP contribution is -2.25. The second-order valence-corrected chi connectivity index (χ2v) is 5.60. The highest BCUT2D eigenvalue weighted by Gasteiger charge is 2.27. The third-order valence-electron chi connectivity index (χ3n) is 3.55. The van der Waals surface area contributed by atoms with Crippen LogP contribution in [0.3, 0.4) is 0 Å². The number of hydrogen-bond donors (Lipinski definition) is 0. The zero-order valence-electron chi connectivity index (χ0n) is 13.6. The Morgan fingerprint density at radius 3 is 2.52 bits per heavy atom. The molecular weight excluding hydrogens is 268 g/mol. The van der Waals surface area contributed by atoms with Gasteiger partial charge < -0.3 is 4.90 Å². The van der Waals surface area contributed by atoms with E-state index in [1.165, 1.54) is 25.1 Å². The van der Waals surface area contributed by atoms with Crippen LogP contribution in [0.4, 0.5) is 14.5 Å². The second-order valence-electron chi connectivity index (χ2n) is 5.60. The highest BCUT2D eigenvalue weighted by molar-refractivity contribution is 5.61. The van der Waals surface area contributed by atoms with Crippen LogP contribution in [0.5, 0.6) is 0 Å². The Morgan fingerprint density at radius 2 is 1.90 bits per heavy atom. The van der Waals surface area contributed by atoms with Gasteiger partial charge in [0.1, 0.15) is 0 Å². The molecule has 0 amide bonds. The van der Waals surface area contributed by atoms with E-state index in [4.69, 9.17) is 0 Å². The summed E-state index contributed by atoms with van der Waals surface area (Å²) in [5, 5.41) is 0. The second kappa shape index (κ2) is 7.45. The highest BCUT2D eigenvalue weighted by Crippen LogP contribution is 2.29. The maximum Gasteiger partial charge on any atom is 0.254 e. The number of rotatable bonds is 1. The molecule has 1 aliphatic heterocycles. The Morgan fingerprint density at radius 1 is 1.24 bits per heavy atom. The summed E-state index contributed by atoms with van der Waals surface area (Å²) in [4.78, 5) is 2.20. The Bertz CT molecular complexity index is 524. The van der Waals surface area contributed by atoms with Crippen molar-refractivity contribution in [2.75, 3.05) is 18.5 Å². The number of fused-ring (bicyclic) bond motifs is 1. The first-order chi connectivity index (χ1) is 9.92. The topological polar surface area (TPSA) is 3.24 Å². The van der Waals surface area contributed by atoms with Crippen molar-refractivity contribution in [3.63, 3.8) is 0 Å². The van der Waals surface area contributed by atoms with Crippen molar-refractivity contribution in [2.45, 2.75) is 47.0 Å². The molecule has 1 heterocycles. The van der Waals surface area contributed by atoms with E-state index >= 15 is 0 Å². The van der Waals surface area contributed by atoms with Gasteiger partial charge in [0, 0.05) is 24.8 Å². The maximum atomic E-state index is 12.8. The van der Waals surface area contributed by atoms with Crippen LogP contribution in [0.15, 0.2) is 18.2 Å². The van der Waals surface area contributed by atoms with Gasteiger partial charge in [0.2, 0.25) is 0 Å². The molecule has 116 valence electrons. The Hall–Kier alpha value is -1.56. The van der Waals surface area contributed by atoms with Gasteiger partial charge in [-0.05, 0) is 44.4 Å². The predicted molar refractivity (Wildman–Crippen MR) is 86.0 cm³/mol. The summed E-state index contributed by atoms with van der Waals surface area (Å²) in [5.41, 5.74) is 1.99. The molecule has 0 radical (unpaired) electrons. The average Bonchev–Trinajstić information content (AvgIpc) is 2.47. The third kappa shape index (κ3) is 4.20. The third-order valence-corrected chi connectivity index (χ3v) is 3.55. The van der Waals surface area contributed by atoms with Crippen molar-refractivity contribution in [1.82, 2.24) is 0 Å². The molecular formula is C18H25F2N. The van der Waals surface area contributed by atoms with E-state index in [1.54, 1.807) is 0 Å². The molecule has 0 spiro atoms.